The Morgan fingerprint density at radius 2 is 1.75 bits per heavy atom. The molecule has 1 aromatic heterocycles. The molecule has 0 radical (unpaired) electrons. The number of benzene rings is 2. The minimum atomic E-state index is 0.555. The second kappa shape index (κ2) is 7.82. The molecule has 5 heteroatoms. The highest BCUT2D eigenvalue weighted by molar-refractivity contribution is 6.34. The zero-order valence-corrected chi connectivity index (χ0v) is 17.2. The first-order valence-corrected chi connectivity index (χ1v) is 10.1. The molecule has 1 aliphatic heterocycles. The number of fused-ring (bicyclic) bond motifs is 1. The van der Waals surface area contributed by atoms with Crippen molar-refractivity contribution in [3.05, 3.63) is 71.3 Å². The maximum Gasteiger partial charge on any atom is 0.137 e. The fraction of sp³-hybridized carbons (Fsp3) is 0.261. The number of halogens is 1. The van der Waals surface area contributed by atoms with Crippen LogP contribution in [0, 0.1) is 12.8 Å². The fourth-order valence-electron chi connectivity index (χ4n) is 3.56. The van der Waals surface area contributed by atoms with E-state index in [-0.39, 0.29) is 0 Å². The summed E-state index contributed by atoms with van der Waals surface area (Å²) in [4.78, 5) is 4.55. The Morgan fingerprint density at radius 3 is 2.46 bits per heavy atom. The largest absolute Gasteiger partial charge is 0.306 e. The van der Waals surface area contributed by atoms with E-state index in [4.69, 9.17) is 11.6 Å². The van der Waals surface area contributed by atoms with E-state index in [1.165, 1.54) is 12.1 Å². The Morgan fingerprint density at radius 1 is 1.04 bits per heavy atom. The predicted molar refractivity (Wildman–Crippen MR) is 118 cm³/mol. The average Bonchev–Trinajstić information content (AvgIpc) is 3.16. The molecule has 0 spiro atoms. The minimum absolute atomic E-state index is 0.555. The van der Waals surface area contributed by atoms with Crippen LogP contribution in [0.2, 0.25) is 5.15 Å². The van der Waals surface area contributed by atoms with E-state index in [2.05, 4.69) is 66.3 Å². The van der Waals surface area contributed by atoms with Crippen LogP contribution < -0.4 is 16.0 Å². The Balaban J connectivity index is 1.62. The number of rotatable bonds is 5. The van der Waals surface area contributed by atoms with Gasteiger partial charge in [-0.2, -0.15) is 0 Å². The summed E-state index contributed by atoms with van der Waals surface area (Å²) in [6.07, 6.45) is 4.34. The van der Waals surface area contributed by atoms with Gasteiger partial charge in [-0.1, -0.05) is 61.8 Å². The highest BCUT2D eigenvalue weighted by Gasteiger charge is 2.15. The van der Waals surface area contributed by atoms with Crippen LogP contribution in [0.15, 0.2) is 60.4 Å². The molecule has 28 heavy (non-hydrogen) atoms. The van der Waals surface area contributed by atoms with Gasteiger partial charge < -0.3 is 5.43 Å². The average molecular weight is 393 g/mol. The molecule has 0 saturated heterocycles. The lowest BCUT2D eigenvalue weighted by atomic mass is 9.97. The summed E-state index contributed by atoms with van der Waals surface area (Å²) in [5.74, 6) is 0.696. The third kappa shape index (κ3) is 3.71. The van der Waals surface area contributed by atoms with Gasteiger partial charge in [0.25, 0.3) is 0 Å². The van der Waals surface area contributed by atoms with Crippen molar-refractivity contribution in [2.75, 3.05) is 5.01 Å². The normalized spacial score (nSPS) is 13.9. The van der Waals surface area contributed by atoms with Gasteiger partial charge in [0, 0.05) is 28.5 Å². The van der Waals surface area contributed by atoms with Crippen LogP contribution in [-0.4, -0.2) is 4.98 Å². The molecule has 0 aliphatic carbocycles. The number of pyridine rings is 1. The molecule has 0 atom stereocenters. The lowest BCUT2D eigenvalue weighted by Gasteiger charge is -2.16. The van der Waals surface area contributed by atoms with Crippen molar-refractivity contribution in [2.45, 2.75) is 33.6 Å². The van der Waals surface area contributed by atoms with Gasteiger partial charge in [-0.3, -0.25) is 5.01 Å². The number of hydrogen-bond donors (Lipinski definition) is 2. The van der Waals surface area contributed by atoms with Gasteiger partial charge >= 0.3 is 0 Å². The number of hydrogen-bond acceptors (Lipinski definition) is 4. The molecule has 0 saturated carbocycles. The number of aryl methyl sites for hydroxylation is 1. The number of anilines is 1. The summed E-state index contributed by atoms with van der Waals surface area (Å²) in [6, 6.07) is 16.7. The van der Waals surface area contributed by atoms with Gasteiger partial charge in [-0.05, 0) is 48.8 Å². The molecule has 4 rings (SSSR count). The van der Waals surface area contributed by atoms with Gasteiger partial charge in [0.05, 0.1) is 5.69 Å². The molecule has 4 nitrogen and oxygen atoms in total. The van der Waals surface area contributed by atoms with E-state index in [9.17, 15) is 0 Å². The molecular weight excluding hydrogens is 368 g/mol. The Bertz CT molecular complexity index is 1020. The second-order valence-corrected chi connectivity index (χ2v) is 8.01. The first kappa shape index (κ1) is 18.8. The highest BCUT2D eigenvalue weighted by atomic mass is 35.5. The summed E-state index contributed by atoms with van der Waals surface area (Å²) < 4.78 is 0. The molecule has 2 heterocycles. The van der Waals surface area contributed by atoms with Crippen LogP contribution in [0.5, 0.6) is 0 Å². The SMILES string of the molecule is Cc1nc(Cl)c2ccccc2c1-c1ccc(N2C=C(CCC(C)C)NN2)cc1. The Labute approximate surface area is 171 Å². The van der Waals surface area contributed by atoms with Gasteiger partial charge in [0.1, 0.15) is 5.15 Å². The monoisotopic (exact) mass is 392 g/mol. The van der Waals surface area contributed by atoms with E-state index in [0.717, 1.165) is 39.7 Å². The summed E-state index contributed by atoms with van der Waals surface area (Å²) in [6.45, 7) is 6.50. The molecule has 2 N–H and O–H groups in total. The van der Waals surface area contributed by atoms with Crippen molar-refractivity contribution < 1.29 is 0 Å². The minimum Gasteiger partial charge on any atom is -0.306 e. The van der Waals surface area contributed by atoms with Crippen molar-refractivity contribution in [1.29, 1.82) is 0 Å². The van der Waals surface area contributed by atoms with Crippen LogP contribution >= 0.6 is 11.6 Å². The van der Waals surface area contributed by atoms with Gasteiger partial charge in [-0.25, -0.2) is 4.98 Å². The van der Waals surface area contributed by atoms with Crippen LogP contribution in [0.25, 0.3) is 21.9 Å². The summed E-state index contributed by atoms with van der Waals surface area (Å²) in [5.41, 5.74) is 12.0. The molecule has 3 aromatic rings. The topological polar surface area (TPSA) is 40.2 Å². The quantitative estimate of drug-likeness (QED) is 0.525. The predicted octanol–water partition coefficient (Wildman–Crippen LogP) is 5.97. The van der Waals surface area contributed by atoms with Crippen molar-refractivity contribution in [3.8, 4) is 11.1 Å². The molecule has 0 amide bonds. The van der Waals surface area contributed by atoms with Gasteiger partial charge in [0.2, 0.25) is 0 Å². The smallest absolute Gasteiger partial charge is 0.137 e. The number of nitrogens with one attached hydrogen (secondary N) is 2. The number of nitrogens with zero attached hydrogens (tertiary/aromatic N) is 2. The van der Waals surface area contributed by atoms with Crippen molar-refractivity contribution in [3.63, 3.8) is 0 Å². The first-order chi connectivity index (χ1) is 13.5. The van der Waals surface area contributed by atoms with Crippen LogP contribution in [0.3, 0.4) is 0 Å². The number of hydrazine groups is 2. The first-order valence-electron chi connectivity index (χ1n) is 9.70. The van der Waals surface area contributed by atoms with E-state index >= 15 is 0 Å². The fourth-order valence-corrected chi connectivity index (χ4v) is 3.85. The second-order valence-electron chi connectivity index (χ2n) is 7.65. The molecule has 0 fully saturated rings. The van der Waals surface area contributed by atoms with E-state index in [0.29, 0.717) is 11.1 Å². The molecular formula is C23H25ClN4. The molecule has 0 bridgehead atoms. The van der Waals surface area contributed by atoms with Crippen molar-refractivity contribution >= 4 is 28.1 Å². The van der Waals surface area contributed by atoms with Gasteiger partial charge in [-0.15, -0.1) is 5.53 Å². The standard InChI is InChI=1S/C23H25ClN4/c1-15(2)8-11-18-14-28(27-26-18)19-12-9-17(10-13-19)22-16(3)25-23(24)21-7-5-4-6-20(21)22/h4-7,9-10,12-15,26-27H,8,11H2,1-3H3. The van der Waals surface area contributed by atoms with Crippen molar-refractivity contribution in [2.24, 2.45) is 5.92 Å². The maximum absolute atomic E-state index is 6.35. The molecule has 2 aromatic carbocycles. The van der Waals surface area contributed by atoms with Crippen LogP contribution in [0.1, 0.15) is 32.4 Å². The van der Waals surface area contributed by atoms with E-state index in [1.807, 2.05) is 30.1 Å². The molecule has 0 unspecified atom stereocenters. The summed E-state index contributed by atoms with van der Waals surface area (Å²) in [7, 11) is 0. The molecule has 1 aliphatic rings. The van der Waals surface area contributed by atoms with E-state index < -0.39 is 0 Å². The summed E-state index contributed by atoms with van der Waals surface area (Å²) >= 11 is 6.35. The lowest BCUT2D eigenvalue weighted by molar-refractivity contribution is 0.557. The van der Waals surface area contributed by atoms with Crippen LogP contribution in [-0.2, 0) is 0 Å². The Kier molecular flexibility index (Phi) is 5.25. The zero-order valence-electron chi connectivity index (χ0n) is 16.5. The summed E-state index contributed by atoms with van der Waals surface area (Å²) in [5, 5.41) is 4.69. The van der Waals surface area contributed by atoms with Crippen molar-refractivity contribution in [1.82, 2.24) is 15.9 Å². The lowest BCUT2D eigenvalue weighted by Crippen LogP contribution is -2.36. The maximum atomic E-state index is 6.35. The molecule has 144 valence electrons. The Hall–Kier alpha value is -2.56. The number of aromatic nitrogens is 1. The highest BCUT2D eigenvalue weighted by Crippen LogP contribution is 2.35. The van der Waals surface area contributed by atoms with E-state index in [1.54, 1.807) is 0 Å². The number of allylic oxidation sites excluding steroid dienone is 1. The van der Waals surface area contributed by atoms with Gasteiger partial charge in [0.15, 0.2) is 0 Å². The third-order valence-electron chi connectivity index (χ3n) is 5.09. The third-order valence-corrected chi connectivity index (χ3v) is 5.38. The van der Waals surface area contributed by atoms with Crippen LogP contribution in [0.4, 0.5) is 5.69 Å². The zero-order chi connectivity index (χ0) is 19.7.